The highest BCUT2D eigenvalue weighted by Gasteiger charge is 2.21. The lowest BCUT2D eigenvalue weighted by atomic mass is 10.0. The number of carbonyl (C=O) groups is 1. The molecule has 0 spiro atoms. The van der Waals surface area contributed by atoms with Crippen molar-refractivity contribution in [2.45, 2.75) is 39.0 Å². The van der Waals surface area contributed by atoms with Crippen LogP contribution in [0.1, 0.15) is 44.3 Å². The molecule has 0 aromatic carbocycles. The highest BCUT2D eigenvalue weighted by molar-refractivity contribution is 5.82. The number of nitrogens with zero attached hydrogens (tertiary/aromatic N) is 2. The molecule has 0 bridgehead atoms. The van der Waals surface area contributed by atoms with Gasteiger partial charge in [-0.05, 0) is 19.8 Å². The lowest BCUT2D eigenvalue weighted by Crippen LogP contribution is -2.08. The summed E-state index contributed by atoms with van der Waals surface area (Å²) in [5.74, 6) is 0.882. The minimum Gasteiger partial charge on any atom is -0.385 e. The van der Waals surface area contributed by atoms with Crippen LogP contribution in [-0.2, 0) is 16.0 Å². The van der Waals surface area contributed by atoms with Crippen LogP contribution >= 0.6 is 0 Å². The fraction of sp³-hybridized carbons (Fsp3) is 0.727. The van der Waals surface area contributed by atoms with E-state index in [1.54, 1.807) is 14.0 Å². The third kappa shape index (κ3) is 3.41. The van der Waals surface area contributed by atoms with Gasteiger partial charge in [0.05, 0.1) is 5.92 Å². The molecule has 16 heavy (non-hydrogen) atoms. The molecule has 0 saturated carbocycles. The Bertz CT molecular complexity index is 336. The third-order valence-corrected chi connectivity index (χ3v) is 2.43. The van der Waals surface area contributed by atoms with E-state index in [0.717, 1.165) is 6.42 Å². The molecule has 0 aliphatic heterocycles. The molecular weight excluding hydrogens is 208 g/mol. The number of Topliss-reactive ketones (excluding diaryl/α,β-unsaturated/α-hetero) is 1. The van der Waals surface area contributed by atoms with Crippen LogP contribution in [0.15, 0.2) is 4.52 Å². The molecule has 0 amide bonds. The summed E-state index contributed by atoms with van der Waals surface area (Å²) in [6, 6.07) is 0. The molecule has 0 aliphatic rings. The quantitative estimate of drug-likeness (QED) is 0.662. The highest BCUT2D eigenvalue weighted by atomic mass is 16.5. The molecule has 1 heterocycles. The Morgan fingerprint density at radius 2 is 2.31 bits per heavy atom. The fourth-order valence-corrected chi connectivity index (χ4v) is 1.52. The smallest absolute Gasteiger partial charge is 0.237 e. The van der Waals surface area contributed by atoms with E-state index >= 15 is 0 Å². The molecule has 0 saturated heterocycles. The van der Waals surface area contributed by atoms with Crippen molar-refractivity contribution in [3.63, 3.8) is 0 Å². The van der Waals surface area contributed by atoms with Gasteiger partial charge < -0.3 is 9.26 Å². The third-order valence-electron chi connectivity index (χ3n) is 2.43. The minimum absolute atomic E-state index is 0.0644. The lowest BCUT2D eigenvalue weighted by Gasteiger charge is -2.03. The Balaban J connectivity index is 2.59. The van der Waals surface area contributed by atoms with Crippen molar-refractivity contribution < 1.29 is 14.1 Å². The van der Waals surface area contributed by atoms with Gasteiger partial charge in [0.15, 0.2) is 5.82 Å². The van der Waals surface area contributed by atoms with Crippen LogP contribution in [0.3, 0.4) is 0 Å². The molecule has 0 N–H and O–H groups in total. The van der Waals surface area contributed by atoms with Gasteiger partial charge in [0.25, 0.3) is 0 Å². The second kappa shape index (κ2) is 6.37. The molecule has 5 heteroatoms. The highest BCUT2D eigenvalue weighted by Crippen LogP contribution is 2.18. The fourth-order valence-electron chi connectivity index (χ4n) is 1.52. The molecule has 0 aliphatic carbocycles. The van der Waals surface area contributed by atoms with Crippen LogP contribution in [0.4, 0.5) is 0 Å². The Kier molecular flexibility index (Phi) is 5.11. The monoisotopic (exact) mass is 226 g/mol. The van der Waals surface area contributed by atoms with Gasteiger partial charge in [-0.15, -0.1) is 0 Å². The summed E-state index contributed by atoms with van der Waals surface area (Å²) >= 11 is 0. The molecule has 0 radical (unpaired) electrons. The first kappa shape index (κ1) is 12.8. The second-order valence-electron chi connectivity index (χ2n) is 3.72. The van der Waals surface area contributed by atoms with Crippen LogP contribution in [-0.4, -0.2) is 29.6 Å². The van der Waals surface area contributed by atoms with E-state index < -0.39 is 0 Å². The normalized spacial score (nSPS) is 12.7. The van der Waals surface area contributed by atoms with Crippen molar-refractivity contribution in [2.75, 3.05) is 13.7 Å². The first-order chi connectivity index (χ1) is 7.69. The van der Waals surface area contributed by atoms with Gasteiger partial charge in [-0.25, -0.2) is 0 Å². The van der Waals surface area contributed by atoms with Crippen LogP contribution in [0.5, 0.6) is 0 Å². The van der Waals surface area contributed by atoms with Crippen LogP contribution in [0.2, 0.25) is 0 Å². The van der Waals surface area contributed by atoms with Crippen molar-refractivity contribution in [3.8, 4) is 0 Å². The molecule has 0 fully saturated rings. The first-order valence-electron chi connectivity index (χ1n) is 5.50. The van der Waals surface area contributed by atoms with Gasteiger partial charge in [0.2, 0.25) is 5.89 Å². The SMILES string of the molecule is CCC(C(C)=O)c1nc(CCCOC)no1. The van der Waals surface area contributed by atoms with Gasteiger partial charge in [-0.2, -0.15) is 4.98 Å². The van der Waals surface area contributed by atoms with Crippen molar-refractivity contribution in [2.24, 2.45) is 0 Å². The molecule has 1 rings (SSSR count). The van der Waals surface area contributed by atoms with Gasteiger partial charge >= 0.3 is 0 Å². The van der Waals surface area contributed by atoms with Gasteiger partial charge in [0, 0.05) is 20.1 Å². The Morgan fingerprint density at radius 3 is 2.88 bits per heavy atom. The molecule has 1 aromatic rings. The lowest BCUT2D eigenvalue weighted by molar-refractivity contribution is -0.119. The number of hydrogen-bond acceptors (Lipinski definition) is 5. The number of ketones is 1. The maximum absolute atomic E-state index is 11.3. The summed E-state index contributed by atoms with van der Waals surface area (Å²) in [7, 11) is 1.66. The van der Waals surface area contributed by atoms with Crippen molar-refractivity contribution >= 4 is 5.78 Å². The predicted octanol–water partition coefficient (Wildman–Crippen LogP) is 1.73. The average molecular weight is 226 g/mol. The van der Waals surface area contributed by atoms with E-state index in [4.69, 9.17) is 9.26 Å². The van der Waals surface area contributed by atoms with Crippen LogP contribution in [0.25, 0.3) is 0 Å². The van der Waals surface area contributed by atoms with E-state index in [9.17, 15) is 4.79 Å². The number of hydrogen-bond donors (Lipinski definition) is 0. The Hall–Kier alpha value is -1.23. The summed E-state index contributed by atoms with van der Waals surface area (Å²) in [5, 5.41) is 3.85. The topological polar surface area (TPSA) is 65.2 Å². The van der Waals surface area contributed by atoms with E-state index in [0.29, 0.717) is 31.2 Å². The summed E-state index contributed by atoms with van der Waals surface area (Å²) in [4.78, 5) is 15.5. The van der Waals surface area contributed by atoms with Gasteiger partial charge in [-0.3, -0.25) is 4.79 Å². The molecule has 1 atom stereocenters. The number of methoxy groups -OCH3 is 1. The number of rotatable bonds is 7. The number of aryl methyl sites for hydroxylation is 1. The van der Waals surface area contributed by atoms with E-state index in [1.165, 1.54) is 0 Å². The van der Waals surface area contributed by atoms with Crippen molar-refractivity contribution in [3.05, 3.63) is 11.7 Å². The molecule has 5 nitrogen and oxygen atoms in total. The summed E-state index contributed by atoms with van der Waals surface area (Å²) in [6.07, 6.45) is 2.26. The number of ether oxygens (including phenoxy) is 1. The van der Waals surface area contributed by atoms with E-state index in [2.05, 4.69) is 10.1 Å². The largest absolute Gasteiger partial charge is 0.385 e. The van der Waals surface area contributed by atoms with Crippen LogP contribution in [0, 0.1) is 0 Å². The Morgan fingerprint density at radius 1 is 1.56 bits per heavy atom. The number of aromatic nitrogens is 2. The number of carbonyl (C=O) groups excluding carboxylic acids is 1. The standard InChI is InChI=1S/C11H18N2O3/c1-4-9(8(2)14)11-12-10(13-16-11)6-5-7-15-3/h9H,4-7H2,1-3H3. The molecule has 1 unspecified atom stereocenters. The first-order valence-corrected chi connectivity index (χ1v) is 5.50. The van der Waals surface area contributed by atoms with Crippen LogP contribution < -0.4 is 0 Å². The van der Waals surface area contributed by atoms with Crippen molar-refractivity contribution in [1.29, 1.82) is 0 Å². The summed E-state index contributed by atoms with van der Waals surface area (Å²) < 4.78 is 10.0. The van der Waals surface area contributed by atoms with Crippen molar-refractivity contribution in [1.82, 2.24) is 10.1 Å². The zero-order valence-electron chi connectivity index (χ0n) is 10.0. The zero-order chi connectivity index (χ0) is 12.0. The van der Waals surface area contributed by atoms with Gasteiger partial charge in [-0.1, -0.05) is 12.1 Å². The maximum Gasteiger partial charge on any atom is 0.237 e. The maximum atomic E-state index is 11.3. The molecule has 1 aromatic heterocycles. The zero-order valence-corrected chi connectivity index (χ0v) is 10.0. The molecular formula is C11H18N2O3. The summed E-state index contributed by atoms with van der Waals surface area (Å²) in [5.41, 5.74) is 0. The van der Waals surface area contributed by atoms with Gasteiger partial charge in [0.1, 0.15) is 5.78 Å². The van der Waals surface area contributed by atoms with E-state index in [1.807, 2.05) is 6.92 Å². The average Bonchev–Trinajstić information content (AvgIpc) is 2.67. The predicted molar refractivity (Wildman–Crippen MR) is 58.2 cm³/mol. The van der Waals surface area contributed by atoms with E-state index in [-0.39, 0.29) is 11.7 Å². The molecule has 90 valence electrons. The Labute approximate surface area is 95.2 Å². The minimum atomic E-state index is -0.260. The second-order valence-corrected chi connectivity index (χ2v) is 3.72. The summed E-state index contributed by atoms with van der Waals surface area (Å²) in [6.45, 7) is 4.15.